The summed E-state index contributed by atoms with van der Waals surface area (Å²) >= 11 is 0. The van der Waals surface area contributed by atoms with Crippen LogP contribution in [0.1, 0.15) is 35.1 Å². The van der Waals surface area contributed by atoms with Gasteiger partial charge in [-0.2, -0.15) is 0 Å². The fraction of sp³-hybridized carbons (Fsp3) is 0.300. The zero-order chi connectivity index (χ0) is 17.4. The highest BCUT2D eigenvalue weighted by Crippen LogP contribution is 2.20. The Labute approximate surface area is 143 Å². The van der Waals surface area contributed by atoms with Crippen molar-refractivity contribution in [3.05, 3.63) is 58.7 Å². The third-order valence-electron chi connectivity index (χ3n) is 3.82. The summed E-state index contributed by atoms with van der Waals surface area (Å²) in [5, 5.41) is 19.8. The number of rotatable bonds is 7. The Morgan fingerprint density at radius 2 is 1.17 bits per heavy atom. The van der Waals surface area contributed by atoms with Crippen molar-refractivity contribution in [1.29, 1.82) is 0 Å². The van der Waals surface area contributed by atoms with Crippen molar-refractivity contribution in [1.82, 2.24) is 0 Å². The van der Waals surface area contributed by atoms with Crippen LogP contribution in [0.4, 0.5) is 0 Å². The van der Waals surface area contributed by atoms with E-state index in [4.69, 9.17) is 0 Å². The van der Waals surface area contributed by atoms with E-state index >= 15 is 0 Å². The number of aryl methyl sites for hydroxylation is 2. The highest BCUT2D eigenvalue weighted by atomic mass is 16.3. The Morgan fingerprint density at radius 1 is 0.750 bits per heavy atom. The van der Waals surface area contributed by atoms with Crippen molar-refractivity contribution in [3.8, 4) is 11.5 Å². The maximum Gasteiger partial charge on any atom is 0.127 e. The lowest BCUT2D eigenvalue weighted by Gasteiger charge is -2.02. The first-order chi connectivity index (χ1) is 11.6. The van der Waals surface area contributed by atoms with Gasteiger partial charge < -0.3 is 10.2 Å². The molecule has 2 aromatic rings. The van der Waals surface area contributed by atoms with Crippen molar-refractivity contribution in [3.63, 3.8) is 0 Å². The van der Waals surface area contributed by atoms with Crippen LogP contribution in [-0.4, -0.2) is 35.7 Å². The number of unbranched alkanes of at least 4 members (excludes halogenated alkanes) is 1. The number of hydrogen-bond donors (Lipinski definition) is 2. The van der Waals surface area contributed by atoms with Crippen LogP contribution in [0.3, 0.4) is 0 Å². The number of aliphatic imine (C=N–C) groups is 2. The first kappa shape index (κ1) is 17.7. The monoisotopic (exact) mass is 324 g/mol. The van der Waals surface area contributed by atoms with Gasteiger partial charge in [0.05, 0.1) is 0 Å². The molecule has 0 unspecified atom stereocenters. The van der Waals surface area contributed by atoms with Gasteiger partial charge in [0.1, 0.15) is 11.5 Å². The summed E-state index contributed by atoms with van der Waals surface area (Å²) in [4.78, 5) is 8.70. The molecule has 0 aromatic heterocycles. The van der Waals surface area contributed by atoms with E-state index < -0.39 is 0 Å². The van der Waals surface area contributed by atoms with Crippen molar-refractivity contribution in [2.75, 3.05) is 13.1 Å². The molecule has 2 N–H and O–H groups in total. The molecule has 126 valence electrons. The van der Waals surface area contributed by atoms with Crippen molar-refractivity contribution in [2.24, 2.45) is 9.98 Å². The molecule has 0 amide bonds. The highest BCUT2D eigenvalue weighted by molar-refractivity contribution is 5.84. The third-order valence-corrected chi connectivity index (χ3v) is 3.82. The van der Waals surface area contributed by atoms with Crippen LogP contribution in [-0.2, 0) is 0 Å². The van der Waals surface area contributed by atoms with E-state index in [1.165, 1.54) is 0 Å². The molecule has 4 heteroatoms. The molecule has 0 saturated heterocycles. The number of nitrogens with zero attached hydrogens (tertiary/aromatic N) is 2. The number of aromatic hydroxyl groups is 2. The number of hydrogen-bond acceptors (Lipinski definition) is 4. The van der Waals surface area contributed by atoms with Gasteiger partial charge in [0.25, 0.3) is 0 Å². The van der Waals surface area contributed by atoms with Gasteiger partial charge in [-0.15, -0.1) is 0 Å². The predicted molar refractivity (Wildman–Crippen MR) is 99.8 cm³/mol. The molecule has 0 saturated carbocycles. The third kappa shape index (κ3) is 4.95. The first-order valence-electron chi connectivity index (χ1n) is 8.16. The summed E-state index contributed by atoms with van der Waals surface area (Å²) in [6.07, 6.45) is 5.30. The van der Waals surface area contributed by atoms with E-state index in [0.717, 1.165) is 35.1 Å². The van der Waals surface area contributed by atoms with Crippen molar-refractivity contribution < 1.29 is 10.2 Å². The van der Waals surface area contributed by atoms with Gasteiger partial charge in [-0.25, -0.2) is 0 Å². The fourth-order valence-corrected chi connectivity index (χ4v) is 2.30. The summed E-state index contributed by atoms with van der Waals surface area (Å²) in [5.74, 6) is 0.590. The molecule has 24 heavy (non-hydrogen) atoms. The molecule has 0 radical (unpaired) electrons. The minimum atomic E-state index is 0.295. The van der Waals surface area contributed by atoms with E-state index in [1.54, 1.807) is 12.4 Å². The largest absolute Gasteiger partial charge is 0.507 e. The molecule has 0 spiro atoms. The normalized spacial score (nSPS) is 11.6. The van der Waals surface area contributed by atoms with Gasteiger partial charge in [-0.05, 0) is 49.9 Å². The maximum atomic E-state index is 9.89. The van der Waals surface area contributed by atoms with Crippen LogP contribution in [0.15, 0.2) is 46.4 Å². The van der Waals surface area contributed by atoms with Crippen LogP contribution < -0.4 is 0 Å². The SMILES string of the molecule is Cc1cccc(C=NCCCCN=Cc2cccc(C)c2O)c1O. The van der Waals surface area contributed by atoms with E-state index in [1.807, 2.05) is 50.2 Å². The van der Waals surface area contributed by atoms with Gasteiger partial charge >= 0.3 is 0 Å². The van der Waals surface area contributed by atoms with Crippen molar-refractivity contribution in [2.45, 2.75) is 26.7 Å². The minimum absolute atomic E-state index is 0.295. The molecular formula is C20H24N2O2. The molecule has 0 atom stereocenters. The Bertz CT molecular complexity index is 673. The molecular weight excluding hydrogens is 300 g/mol. The van der Waals surface area contributed by atoms with Crippen LogP contribution in [0.2, 0.25) is 0 Å². The lowest BCUT2D eigenvalue weighted by molar-refractivity contribution is 0.470. The molecule has 2 aromatic carbocycles. The molecule has 0 heterocycles. The molecule has 2 rings (SSSR count). The number of phenolic OH excluding ortho intramolecular Hbond substituents is 2. The van der Waals surface area contributed by atoms with Gasteiger partial charge in [0.15, 0.2) is 0 Å². The lowest BCUT2D eigenvalue weighted by Crippen LogP contribution is -1.90. The van der Waals surface area contributed by atoms with Crippen LogP contribution >= 0.6 is 0 Å². The van der Waals surface area contributed by atoms with Crippen LogP contribution in [0, 0.1) is 13.8 Å². The fourth-order valence-electron chi connectivity index (χ4n) is 2.30. The van der Waals surface area contributed by atoms with E-state index in [9.17, 15) is 10.2 Å². The summed E-state index contributed by atoms with van der Waals surface area (Å²) in [6.45, 7) is 5.16. The van der Waals surface area contributed by atoms with Crippen molar-refractivity contribution >= 4 is 12.4 Å². The lowest BCUT2D eigenvalue weighted by atomic mass is 10.1. The summed E-state index contributed by atoms with van der Waals surface area (Å²) < 4.78 is 0. The maximum absolute atomic E-state index is 9.89. The standard InChI is InChI=1S/C20H24N2O2/c1-15-7-5-9-17(19(15)23)13-21-11-3-4-12-22-14-18-10-6-8-16(2)20(18)24/h5-10,13-14,23-24H,3-4,11-12H2,1-2H3. The molecule has 0 aliphatic carbocycles. The molecule has 0 aliphatic rings. The quantitative estimate of drug-likeness (QED) is 0.596. The van der Waals surface area contributed by atoms with E-state index in [2.05, 4.69) is 9.98 Å². The molecule has 0 aliphatic heterocycles. The van der Waals surface area contributed by atoms with E-state index in [-0.39, 0.29) is 0 Å². The second-order valence-electron chi connectivity index (χ2n) is 5.80. The molecule has 4 nitrogen and oxygen atoms in total. The number of para-hydroxylation sites is 2. The van der Waals surface area contributed by atoms with Gasteiger partial charge in [0, 0.05) is 36.6 Å². The van der Waals surface area contributed by atoms with Crippen LogP contribution in [0.5, 0.6) is 11.5 Å². The Kier molecular flexibility index (Phi) is 6.55. The smallest absolute Gasteiger partial charge is 0.127 e. The average Bonchev–Trinajstić information content (AvgIpc) is 2.57. The first-order valence-corrected chi connectivity index (χ1v) is 8.16. The molecule has 0 bridgehead atoms. The van der Waals surface area contributed by atoms with Crippen LogP contribution in [0.25, 0.3) is 0 Å². The average molecular weight is 324 g/mol. The summed E-state index contributed by atoms with van der Waals surface area (Å²) in [5.41, 5.74) is 3.21. The van der Waals surface area contributed by atoms with Gasteiger partial charge in [0.2, 0.25) is 0 Å². The second kappa shape index (κ2) is 8.87. The number of benzene rings is 2. The van der Waals surface area contributed by atoms with Gasteiger partial charge in [-0.1, -0.05) is 24.3 Å². The highest BCUT2D eigenvalue weighted by Gasteiger charge is 2.00. The minimum Gasteiger partial charge on any atom is -0.507 e. The predicted octanol–water partition coefficient (Wildman–Crippen LogP) is 4.03. The van der Waals surface area contributed by atoms with E-state index in [0.29, 0.717) is 24.6 Å². The Hall–Kier alpha value is -2.62. The second-order valence-corrected chi connectivity index (χ2v) is 5.80. The zero-order valence-electron chi connectivity index (χ0n) is 14.2. The zero-order valence-corrected chi connectivity index (χ0v) is 14.2. The summed E-state index contributed by atoms with van der Waals surface area (Å²) in [7, 11) is 0. The molecule has 0 fully saturated rings. The van der Waals surface area contributed by atoms with Gasteiger partial charge in [-0.3, -0.25) is 9.98 Å². The number of phenols is 2. The Morgan fingerprint density at radius 3 is 1.58 bits per heavy atom. The Balaban J connectivity index is 1.72. The topological polar surface area (TPSA) is 65.2 Å². The summed E-state index contributed by atoms with van der Waals surface area (Å²) in [6, 6.07) is 11.3.